The molecule has 1 aliphatic carbocycles. The minimum atomic E-state index is -0.390. The van der Waals surface area contributed by atoms with Crippen LogP contribution in [-0.2, 0) is 6.54 Å². The van der Waals surface area contributed by atoms with Crippen molar-refractivity contribution in [1.29, 1.82) is 0 Å². The number of hydrogen-bond acceptors (Lipinski definition) is 1. The Morgan fingerprint density at radius 3 is 2.50 bits per heavy atom. The maximum Gasteiger partial charge on any atom is 0.131 e. The molecule has 0 saturated heterocycles. The zero-order valence-corrected chi connectivity index (χ0v) is 11.4. The Morgan fingerprint density at radius 1 is 1.00 bits per heavy atom. The molecular weight excluding hydrogens is 256 g/mol. The van der Waals surface area contributed by atoms with Gasteiger partial charge in [0.1, 0.15) is 11.6 Å². The predicted octanol–water partition coefficient (Wildman–Crippen LogP) is 4.19. The first-order valence-electron chi connectivity index (χ1n) is 6.92. The molecule has 3 rings (SSSR count). The molecule has 1 fully saturated rings. The summed E-state index contributed by atoms with van der Waals surface area (Å²) in [4.78, 5) is 0. The van der Waals surface area contributed by atoms with Crippen molar-refractivity contribution in [1.82, 2.24) is 5.32 Å². The third-order valence-electron chi connectivity index (χ3n) is 3.62. The highest BCUT2D eigenvalue weighted by Gasteiger charge is 2.20. The van der Waals surface area contributed by atoms with Crippen LogP contribution in [0, 0.1) is 18.6 Å². The van der Waals surface area contributed by atoms with Gasteiger partial charge in [-0.15, -0.1) is 0 Å². The van der Waals surface area contributed by atoms with Gasteiger partial charge in [0.05, 0.1) is 0 Å². The van der Waals surface area contributed by atoms with Crippen molar-refractivity contribution < 1.29 is 8.78 Å². The zero-order valence-electron chi connectivity index (χ0n) is 11.4. The maximum atomic E-state index is 14.2. The molecule has 0 radical (unpaired) electrons. The Balaban J connectivity index is 1.87. The molecule has 0 bridgehead atoms. The highest BCUT2D eigenvalue weighted by atomic mass is 19.1. The number of hydrogen-bond donors (Lipinski definition) is 1. The van der Waals surface area contributed by atoms with Gasteiger partial charge < -0.3 is 5.32 Å². The van der Waals surface area contributed by atoms with E-state index in [-0.39, 0.29) is 5.82 Å². The van der Waals surface area contributed by atoms with E-state index in [1.54, 1.807) is 18.2 Å². The Labute approximate surface area is 117 Å². The van der Waals surface area contributed by atoms with Crippen LogP contribution in [0.25, 0.3) is 11.1 Å². The Kier molecular flexibility index (Phi) is 3.53. The molecule has 1 nitrogen and oxygen atoms in total. The molecule has 1 saturated carbocycles. The molecule has 2 aromatic rings. The molecule has 2 aromatic carbocycles. The van der Waals surface area contributed by atoms with E-state index in [1.165, 1.54) is 25.0 Å². The molecular formula is C17H17F2N. The second kappa shape index (κ2) is 5.33. The van der Waals surface area contributed by atoms with E-state index < -0.39 is 5.82 Å². The first-order chi connectivity index (χ1) is 9.63. The molecule has 0 aliphatic heterocycles. The Morgan fingerprint density at radius 2 is 1.80 bits per heavy atom. The van der Waals surface area contributed by atoms with Crippen LogP contribution in [0.4, 0.5) is 8.78 Å². The van der Waals surface area contributed by atoms with Gasteiger partial charge in [-0.2, -0.15) is 0 Å². The van der Waals surface area contributed by atoms with Crippen LogP contribution in [0.3, 0.4) is 0 Å². The lowest BCUT2D eigenvalue weighted by Gasteiger charge is -2.09. The number of rotatable bonds is 4. The van der Waals surface area contributed by atoms with Gasteiger partial charge >= 0.3 is 0 Å². The monoisotopic (exact) mass is 273 g/mol. The van der Waals surface area contributed by atoms with E-state index in [2.05, 4.69) is 5.32 Å². The van der Waals surface area contributed by atoms with Crippen molar-refractivity contribution in [3.63, 3.8) is 0 Å². The Hall–Kier alpha value is -1.74. The van der Waals surface area contributed by atoms with Crippen molar-refractivity contribution in [2.75, 3.05) is 0 Å². The lowest BCUT2D eigenvalue weighted by Crippen LogP contribution is -2.15. The largest absolute Gasteiger partial charge is 0.310 e. The number of benzene rings is 2. The van der Waals surface area contributed by atoms with E-state index in [0.29, 0.717) is 23.7 Å². The average Bonchev–Trinajstić information content (AvgIpc) is 3.24. The van der Waals surface area contributed by atoms with Crippen molar-refractivity contribution >= 4 is 0 Å². The van der Waals surface area contributed by atoms with Crippen molar-refractivity contribution in [2.45, 2.75) is 32.4 Å². The van der Waals surface area contributed by atoms with Gasteiger partial charge in [-0.1, -0.05) is 23.8 Å². The molecule has 20 heavy (non-hydrogen) atoms. The van der Waals surface area contributed by atoms with Gasteiger partial charge in [0, 0.05) is 23.7 Å². The first kappa shape index (κ1) is 13.3. The SMILES string of the molecule is Cc1ccc(F)c(-c2ccc(CNC3CC3)cc2F)c1. The van der Waals surface area contributed by atoms with E-state index in [0.717, 1.165) is 11.1 Å². The lowest BCUT2D eigenvalue weighted by molar-refractivity contribution is 0.612. The van der Waals surface area contributed by atoms with Crippen LogP contribution in [-0.4, -0.2) is 6.04 Å². The summed E-state index contributed by atoms with van der Waals surface area (Å²) in [6.45, 7) is 2.53. The quantitative estimate of drug-likeness (QED) is 0.880. The molecule has 1 N–H and O–H groups in total. The minimum Gasteiger partial charge on any atom is -0.310 e. The molecule has 0 unspecified atom stereocenters. The van der Waals surface area contributed by atoms with Crippen LogP contribution in [0.1, 0.15) is 24.0 Å². The molecule has 104 valence electrons. The van der Waals surface area contributed by atoms with Gasteiger partial charge in [-0.25, -0.2) is 8.78 Å². The molecule has 0 aromatic heterocycles. The van der Waals surface area contributed by atoms with Gasteiger partial charge in [0.2, 0.25) is 0 Å². The second-order valence-corrected chi connectivity index (χ2v) is 5.45. The zero-order chi connectivity index (χ0) is 14.1. The van der Waals surface area contributed by atoms with E-state index in [9.17, 15) is 8.78 Å². The summed E-state index contributed by atoms with van der Waals surface area (Å²) in [5, 5.41) is 3.34. The summed E-state index contributed by atoms with van der Waals surface area (Å²) in [5.74, 6) is -0.761. The van der Waals surface area contributed by atoms with Crippen LogP contribution in [0.15, 0.2) is 36.4 Å². The summed E-state index contributed by atoms with van der Waals surface area (Å²) < 4.78 is 28.0. The van der Waals surface area contributed by atoms with Crippen molar-refractivity contribution in [3.8, 4) is 11.1 Å². The molecule has 0 heterocycles. The number of aryl methyl sites for hydroxylation is 1. The standard InChI is InChI=1S/C17H17F2N/c1-11-2-7-16(18)15(8-11)14-6-3-12(9-17(14)19)10-20-13-4-5-13/h2-3,6-9,13,20H,4-5,10H2,1H3. The number of halogens is 2. The summed E-state index contributed by atoms with van der Waals surface area (Å²) in [6, 6.07) is 10.3. The molecule has 0 spiro atoms. The Bertz CT molecular complexity index is 633. The number of nitrogens with one attached hydrogen (secondary N) is 1. The van der Waals surface area contributed by atoms with Gasteiger partial charge in [-0.05, 0) is 43.5 Å². The van der Waals surface area contributed by atoms with E-state index >= 15 is 0 Å². The summed E-state index contributed by atoms with van der Waals surface area (Å²) >= 11 is 0. The fourth-order valence-electron chi connectivity index (χ4n) is 2.28. The topological polar surface area (TPSA) is 12.0 Å². The van der Waals surface area contributed by atoms with Gasteiger partial charge in [-0.3, -0.25) is 0 Å². The summed E-state index contributed by atoms with van der Waals surface area (Å²) in [7, 11) is 0. The van der Waals surface area contributed by atoms with E-state index in [1.807, 2.05) is 13.0 Å². The van der Waals surface area contributed by atoms with Crippen molar-refractivity contribution in [2.24, 2.45) is 0 Å². The van der Waals surface area contributed by atoms with Gasteiger partial charge in [0.15, 0.2) is 0 Å². The third-order valence-corrected chi connectivity index (χ3v) is 3.62. The molecule has 3 heteroatoms. The summed E-state index contributed by atoms with van der Waals surface area (Å²) in [6.07, 6.45) is 2.41. The minimum absolute atomic E-state index is 0.321. The molecule has 1 aliphatic rings. The van der Waals surface area contributed by atoms with Gasteiger partial charge in [0.25, 0.3) is 0 Å². The van der Waals surface area contributed by atoms with Crippen LogP contribution in [0.2, 0.25) is 0 Å². The van der Waals surface area contributed by atoms with Crippen LogP contribution < -0.4 is 5.32 Å². The molecule has 0 atom stereocenters. The van der Waals surface area contributed by atoms with Crippen molar-refractivity contribution in [3.05, 3.63) is 59.2 Å². The summed E-state index contributed by atoms with van der Waals surface area (Å²) in [5.41, 5.74) is 2.46. The maximum absolute atomic E-state index is 14.2. The highest BCUT2D eigenvalue weighted by Crippen LogP contribution is 2.27. The second-order valence-electron chi connectivity index (χ2n) is 5.45. The van der Waals surface area contributed by atoms with Crippen LogP contribution >= 0.6 is 0 Å². The fourth-order valence-corrected chi connectivity index (χ4v) is 2.28. The first-order valence-corrected chi connectivity index (χ1v) is 6.92. The normalized spacial score (nSPS) is 14.6. The van der Waals surface area contributed by atoms with E-state index in [4.69, 9.17) is 0 Å². The lowest BCUT2D eigenvalue weighted by atomic mass is 10.0. The predicted molar refractivity (Wildman–Crippen MR) is 76.4 cm³/mol. The fraction of sp³-hybridized carbons (Fsp3) is 0.294. The third kappa shape index (κ3) is 2.88. The average molecular weight is 273 g/mol. The smallest absolute Gasteiger partial charge is 0.131 e. The van der Waals surface area contributed by atoms with Crippen LogP contribution in [0.5, 0.6) is 0 Å². The molecule has 0 amide bonds. The highest BCUT2D eigenvalue weighted by molar-refractivity contribution is 5.66.